The summed E-state index contributed by atoms with van der Waals surface area (Å²) in [6.45, 7) is -0.246. The van der Waals surface area contributed by atoms with Crippen molar-refractivity contribution < 1.29 is 14.7 Å². The second kappa shape index (κ2) is 8.35. The third-order valence-corrected chi connectivity index (χ3v) is 5.30. The lowest BCUT2D eigenvalue weighted by Gasteiger charge is -2.36. The topological polar surface area (TPSA) is 83.8 Å². The molecule has 1 aromatic carbocycles. The molecule has 27 heavy (non-hydrogen) atoms. The molecule has 1 amide bonds. The molecule has 144 valence electrons. The number of halogens is 1. The molecule has 0 aliphatic carbocycles. The highest BCUT2D eigenvalue weighted by Crippen LogP contribution is 2.30. The monoisotopic (exact) mass is 409 g/mol. The van der Waals surface area contributed by atoms with E-state index in [2.05, 4.69) is 5.32 Å². The molecule has 0 fully saturated rings. The van der Waals surface area contributed by atoms with Gasteiger partial charge in [0.25, 0.3) is 11.5 Å². The van der Waals surface area contributed by atoms with Crippen molar-refractivity contribution in [1.82, 2.24) is 9.63 Å². The quantitative estimate of drug-likeness (QED) is 0.711. The first-order chi connectivity index (χ1) is 12.9. The van der Waals surface area contributed by atoms with Gasteiger partial charge in [-0.25, -0.2) is 0 Å². The Kier molecular flexibility index (Phi) is 6.11. The van der Waals surface area contributed by atoms with E-state index in [0.29, 0.717) is 28.3 Å². The van der Waals surface area contributed by atoms with E-state index in [1.807, 2.05) is 24.5 Å². The average molecular weight is 410 g/mol. The van der Waals surface area contributed by atoms with Crippen molar-refractivity contribution in [3.05, 3.63) is 57.0 Å². The van der Waals surface area contributed by atoms with Gasteiger partial charge in [-0.3, -0.25) is 14.4 Å². The summed E-state index contributed by atoms with van der Waals surface area (Å²) < 4.78 is 1.35. The van der Waals surface area contributed by atoms with Gasteiger partial charge in [-0.1, -0.05) is 11.6 Å². The molecule has 0 saturated heterocycles. The fraction of sp³-hybridized carbons (Fsp3) is 0.333. The largest absolute Gasteiger partial charge is 0.394 e. The Morgan fingerprint density at radius 3 is 2.81 bits per heavy atom. The van der Waals surface area contributed by atoms with Crippen LogP contribution in [-0.2, 0) is 18.3 Å². The second-order valence-electron chi connectivity index (χ2n) is 6.06. The number of hydroxylamine groups is 2. The van der Waals surface area contributed by atoms with Crippen LogP contribution in [0.25, 0.3) is 0 Å². The van der Waals surface area contributed by atoms with Crippen molar-refractivity contribution in [1.29, 1.82) is 0 Å². The van der Waals surface area contributed by atoms with Crippen LogP contribution in [0.4, 0.5) is 5.69 Å². The number of pyridine rings is 1. The van der Waals surface area contributed by atoms with E-state index in [0.717, 1.165) is 4.90 Å². The summed E-state index contributed by atoms with van der Waals surface area (Å²) in [5, 5.41) is 14.0. The minimum atomic E-state index is -0.568. The molecule has 9 heteroatoms. The number of hydrogen-bond acceptors (Lipinski definition) is 6. The lowest BCUT2D eigenvalue weighted by atomic mass is 10.00. The number of nitrogens with zero attached hydrogens (tertiary/aromatic N) is 2. The number of benzene rings is 1. The highest BCUT2D eigenvalue weighted by Gasteiger charge is 2.34. The number of nitrogens with one attached hydrogen (secondary N) is 1. The lowest BCUT2D eigenvalue weighted by molar-refractivity contribution is -0.152. The van der Waals surface area contributed by atoms with E-state index in [4.69, 9.17) is 21.5 Å². The molecule has 2 N–H and O–H groups in total. The van der Waals surface area contributed by atoms with Gasteiger partial charge in [-0.15, -0.1) is 11.8 Å². The van der Waals surface area contributed by atoms with Gasteiger partial charge in [0.1, 0.15) is 6.17 Å². The normalized spacial score (nSPS) is 16.4. The van der Waals surface area contributed by atoms with Gasteiger partial charge in [0, 0.05) is 30.6 Å². The van der Waals surface area contributed by atoms with E-state index in [-0.39, 0.29) is 24.7 Å². The first-order valence-corrected chi connectivity index (χ1v) is 9.92. The third-order valence-electron chi connectivity index (χ3n) is 4.26. The SMILES string of the molecule is CSc1ccc(NC2Cc3cc(=O)n(C)cc3C(=O)N2OCCO)c(Cl)c1. The van der Waals surface area contributed by atoms with Crippen molar-refractivity contribution in [3.63, 3.8) is 0 Å². The van der Waals surface area contributed by atoms with Crippen LogP contribution in [0.5, 0.6) is 0 Å². The van der Waals surface area contributed by atoms with Gasteiger partial charge in [-0.05, 0) is 30.0 Å². The maximum absolute atomic E-state index is 12.9. The average Bonchev–Trinajstić information content (AvgIpc) is 2.65. The standard InChI is InChI=1S/C18H20ClN3O4S/c1-21-10-13-11(8-17(21)24)7-16(22(18(13)25)26-6-5-23)20-15-4-3-12(27-2)9-14(15)19/h3-4,8-10,16,20,23H,5-7H2,1-2H3. The Balaban J connectivity index is 1.95. The molecule has 0 saturated carbocycles. The molecule has 0 radical (unpaired) electrons. The molecule has 1 aliphatic rings. The van der Waals surface area contributed by atoms with Gasteiger partial charge >= 0.3 is 0 Å². The molecule has 3 rings (SSSR count). The summed E-state index contributed by atoms with van der Waals surface area (Å²) in [5.74, 6) is -0.380. The Bertz CT molecular complexity index is 918. The van der Waals surface area contributed by atoms with Crippen LogP contribution in [0.1, 0.15) is 15.9 Å². The third kappa shape index (κ3) is 4.14. The van der Waals surface area contributed by atoms with Gasteiger partial charge in [-0.2, -0.15) is 5.06 Å². The summed E-state index contributed by atoms with van der Waals surface area (Å²) in [5.41, 5.74) is 1.50. The molecular formula is C18H20ClN3O4S. The highest BCUT2D eigenvalue weighted by molar-refractivity contribution is 7.98. The van der Waals surface area contributed by atoms with Gasteiger partial charge in [0.15, 0.2) is 0 Å². The fourth-order valence-electron chi connectivity index (χ4n) is 2.90. The minimum absolute atomic E-state index is 0.0236. The zero-order valence-electron chi connectivity index (χ0n) is 14.9. The van der Waals surface area contributed by atoms with Gasteiger partial charge in [0.05, 0.1) is 29.5 Å². The van der Waals surface area contributed by atoms with E-state index in [9.17, 15) is 9.59 Å². The summed E-state index contributed by atoms with van der Waals surface area (Å²) in [7, 11) is 1.59. The maximum Gasteiger partial charge on any atom is 0.281 e. The molecule has 0 spiro atoms. The number of aliphatic hydroxyl groups is 1. The number of aromatic nitrogens is 1. The summed E-state index contributed by atoms with van der Waals surface area (Å²) in [6, 6.07) is 7.06. The number of carbonyl (C=O) groups excluding carboxylic acids is 1. The maximum atomic E-state index is 12.9. The van der Waals surface area contributed by atoms with Gasteiger partial charge < -0.3 is 15.0 Å². The van der Waals surface area contributed by atoms with Crippen molar-refractivity contribution in [2.45, 2.75) is 17.5 Å². The summed E-state index contributed by atoms with van der Waals surface area (Å²) >= 11 is 7.93. The van der Waals surface area contributed by atoms with Crippen molar-refractivity contribution in [2.75, 3.05) is 24.8 Å². The number of anilines is 1. The molecule has 1 atom stereocenters. The van der Waals surface area contributed by atoms with Crippen LogP contribution in [0.15, 0.2) is 40.2 Å². The Morgan fingerprint density at radius 2 is 2.15 bits per heavy atom. The van der Waals surface area contributed by atoms with Gasteiger partial charge in [0.2, 0.25) is 0 Å². The molecular weight excluding hydrogens is 390 g/mol. The molecule has 7 nitrogen and oxygen atoms in total. The van der Waals surface area contributed by atoms with Crippen LogP contribution >= 0.6 is 23.4 Å². The molecule has 1 aliphatic heterocycles. The van der Waals surface area contributed by atoms with Crippen molar-refractivity contribution in [3.8, 4) is 0 Å². The number of hydrogen-bond donors (Lipinski definition) is 2. The first kappa shape index (κ1) is 19.8. The molecule has 1 aromatic heterocycles. The Hall–Kier alpha value is -2.00. The molecule has 2 heterocycles. The van der Waals surface area contributed by atoms with Crippen LogP contribution in [0, 0.1) is 0 Å². The van der Waals surface area contributed by atoms with Crippen molar-refractivity contribution >= 4 is 35.0 Å². The number of aliphatic hydroxyl groups excluding tert-OH is 1. The number of rotatable bonds is 6. The van der Waals surface area contributed by atoms with Crippen molar-refractivity contribution in [2.24, 2.45) is 7.05 Å². The predicted molar refractivity (Wildman–Crippen MR) is 105 cm³/mol. The number of thioether (sulfide) groups is 1. The lowest BCUT2D eigenvalue weighted by Crippen LogP contribution is -2.50. The van der Waals surface area contributed by atoms with Crippen LogP contribution in [-0.4, -0.2) is 46.3 Å². The summed E-state index contributed by atoms with van der Waals surface area (Å²) in [4.78, 5) is 31.4. The molecule has 1 unspecified atom stereocenters. The molecule has 2 aromatic rings. The number of amides is 1. The fourth-order valence-corrected chi connectivity index (χ4v) is 3.64. The van der Waals surface area contributed by atoms with E-state index in [1.54, 1.807) is 18.8 Å². The van der Waals surface area contributed by atoms with Crippen LogP contribution < -0.4 is 10.9 Å². The zero-order valence-corrected chi connectivity index (χ0v) is 16.5. The number of carbonyl (C=O) groups is 1. The predicted octanol–water partition coefficient (Wildman–Crippen LogP) is 2.12. The molecule has 0 bridgehead atoms. The van der Waals surface area contributed by atoms with Crippen LogP contribution in [0.3, 0.4) is 0 Å². The summed E-state index contributed by atoms with van der Waals surface area (Å²) in [6.07, 6.45) is 3.26. The van der Waals surface area contributed by atoms with E-state index < -0.39 is 6.17 Å². The van der Waals surface area contributed by atoms with E-state index in [1.165, 1.54) is 21.9 Å². The van der Waals surface area contributed by atoms with Crippen LogP contribution in [0.2, 0.25) is 5.02 Å². The Labute approximate surface area is 165 Å². The first-order valence-electron chi connectivity index (χ1n) is 8.31. The minimum Gasteiger partial charge on any atom is -0.394 e. The number of aryl methyl sites for hydroxylation is 1. The number of fused-ring (bicyclic) bond motifs is 1. The second-order valence-corrected chi connectivity index (χ2v) is 7.35. The highest BCUT2D eigenvalue weighted by atomic mass is 35.5. The Morgan fingerprint density at radius 1 is 1.37 bits per heavy atom. The zero-order chi connectivity index (χ0) is 19.6. The smallest absolute Gasteiger partial charge is 0.281 e. The van der Waals surface area contributed by atoms with E-state index >= 15 is 0 Å².